The molecule has 52 heavy (non-hydrogen) atoms. The van der Waals surface area contributed by atoms with Crippen molar-refractivity contribution < 1.29 is 42.9 Å². The Morgan fingerprint density at radius 1 is 0.750 bits per heavy atom. The highest BCUT2D eigenvalue weighted by Crippen LogP contribution is 2.23. The third kappa shape index (κ3) is 14.5. The number of hydrogen-bond acceptors (Lipinski definition) is 13. The first-order chi connectivity index (χ1) is 25.2. The van der Waals surface area contributed by atoms with Gasteiger partial charge >= 0.3 is 17.9 Å². The first kappa shape index (κ1) is 39.9. The lowest BCUT2D eigenvalue weighted by atomic mass is 10.1. The highest BCUT2D eigenvalue weighted by Gasteiger charge is 2.16. The molecule has 13 nitrogen and oxygen atoms in total. The number of nitriles is 1. The van der Waals surface area contributed by atoms with Gasteiger partial charge in [0.2, 0.25) is 10.8 Å². The van der Waals surface area contributed by atoms with Crippen molar-refractivity contribution in [3.05, 3.63) is 120 Å². The first-order valence-electron chi connectivity index (χ1n) is 15.8. The van der Waals surface area contributed by atoms with Crippen molar-refractivity contribution in [1.29, 1.82) is 5.26 Å². The Morgan fingerprint density at radius 3 is 1.69 bits per heavy atom. The third-order valence-corrected chi connectivity index (χ3v) is 7.27. The molecule has 0 atom stereocenters. The van der Waals surface area contributed by atoms with E-state index in [9.17, 15) is 24.4 Å². The Balaban J connectivity index is 1.47. The fourth-order valence-corrected chi connectivity index (χ4v) is 4.46. The van der Waals surface area contributed by atoms with Crippen LogP contribution in [0.2, 0.25) is 0 Å². The van der Waals surface area contributed by atoms with Crippen molar-refractivity contribution in [3.63, 3.8) is 0 Å². The average Bonchev–Trinajstić information content (AvgIpc) is 3.16. The number of hydrogen-bond donors (Lipinski definition) is 0. The topological polar surface area (TPSA) is 168 Å². The molecule has 0 aliphatic carbocycles. The molecule has 0 spiro atoms. The molecule has 0 aliphatic heterocycles. The SMILES string of the molecule is [C-]#[N+]/C(=C\c1ccc(OCCCCOC(=O)C=C)cc1)C(=O)Sc1ncc(OC(=O)/C(C#N)=C/c2ccc(OCCCCOC(=O)C=C)cc2)cn1. The van der Waals surface area contributed by atoms with Gasteiger partial charge in [-0.1, -0.05) is 37.4 Å². The Labute approximate surface area is 305 Å². The van der Waals surface area contributed by atoms with E-state index in [0.29, 0.717) is 73.3 Å². The second-order valence-corrected chi connectivity index (χ2v) is 11.2. The van der Waals surface area contributed by atoms with Crippen LogP contribution in [0.4, 0.5) is 0 Å². The molecular formula is C38H34N4O9S. The van der Waals surface area contributed by atoms with Crippen LogP contribution in [0.15, 0.2) is 103 Å². The lowest BCUT2D eigenvalue weighted by molar-refractivity contribution is -0.138. The van der Waals surface area contributed by atoms with Crippen LogP contribution in [-0.2, 0) is 28.7 Å². The van der Waals surface area contributed by atoms with E-state index >= 15 is 0 Å². The molecule has 3 rings (SSSR count). The summed E-state index contributed by atoms with van der Waals surface area (Å²) in [4.78, 5) is 58.9. The summed E-state index contributed by atoms with van der Waals surface area (Å²) >= 11 is 0.630. The van der Waals surface area contributed by atoms with Crippen LogP contribution >= 0.6 is 11.8 Å². The minimum atomic E-state index is -0.929. The molecule has 1 aromatic heterocycles. The predicted octanol–water partition coefficient (Wildman–Crippen LogP) is 6.34. The minimum Gasteiger partial charge on any atom is -0.494 e. The number of benzene rings is 2. The van der Waals surface area contributed by atoms with Crippen molar-refractivity contribution in [3.8, 4) is 23.3 Å². The number of nitrogens with zero attached hydrogens (tertiary/aromatic N) is 4. The Morgan fingerprint density at radius 2 is 1.23 bits per heavy atom. The highest BCUT2D eigenvalue weighted by atomic mass is 32.2. The van der Waals surface area contributed by atoms with Gasteiger partial charge in [-0.2, -0.15) is 5.26 Å². The second-order valence-electron chi connectivity index (χ2n) is 10.3. The maximum atomic E-state index is 12.8. The Kier molecular flexibility index (Phi) is 17.1. The summed E-state index contributed by atoms with van der Waals surface area (Å²) in [5, 5.41) is 8.98. The van der Waals surface area contributed by atoms with Crippen LogP contribution in [-0.4, -0.2) is 59.4 Å². The number of thioether (sulfide) groups is 1. The standard InChI is InChI=1S/C38H34N4O9S/c1-4-34(43)49-20-8-6-18-47-30-14-10-27(11-15-30)22-29(24-39)36(45)51-32-25-41-38(42-26-32)52-37(46)33(40-3)23-28-12-16-31(17-13-28)48-19-7-9-21-50-35(44)5-2/h4-5,10-17,22-23,25-26H,1-2,6-9,18-21H2/b29-22+,33-23-. The average molecular weight is 723 g/mol. The molecule has 14 heteroatoms. The molecule has 1 heterocycles. The normalized spacial score (nSPS) is 10.9. The van der Waals surface area contributed by atoms with E-state index in [4.69, 9.17) is 30.3 Å². The van der Waals surface area contributed by atoms with Crippen LogP contribution in [0.1, 0.15) is 36.8 Å². The lowest BCUT2D eigenvalue weighted by Gasteiger charge is -2.07. The summed E-state index contributed by atoms with van der Waals surface area (Å²) in [7, 11) is 0. The van der Waals surface area contributed by atoms with Gasteiger partial charge in [0.1, 0.15) is 23.1 Å². The molecule has 0 N–H and O–H groups in total. The largest absolute Gasteiger partial charge is 0.494 e. The molecule has 266 valence electrons. The molecule has 2 aromatic carbocycles. The maximum Gasteiger partial charge on any atom is 0.354 e. The maximum absolute atomic E-state index is 12.8. The van der Waals surface area contributed by atoms with Crippen molar-refractivity contribution >= 4 is 46.9 Å². The van der Waals surface area contributed by atoms with Gasteiger partial charge in [-0.3, -0.25) is 4.79 Å². The zero-order chi connectivity index (χ0) is 37.6. The summed E-state index contributed by atoms with van der Waals surface area (Å²) in [5.74, 6) is -0.722. The van der Waals surface area contributed by atoms with Crippen molar-refractivity contribution in [2.24, 2.45) is 0 Å². The fraction of sp³-hybridized carbons (Fsp3) is 0.211. The molecule has 0 bridgehead atoms. The molecule has 0 unspecified atom stereocenters. The van der Waals surface area contributed by atoms with Gasteiger partial charge in [-0.25, -0.2) is 29.2 Å². The monoisotopic (exact) mass is 722 g/mol. The van der Waals surface area contributed by atoms with Gasteiger partial charge in [0.15, 0.2) is 10.9 Å². The first-order valence-corrected chi connectivity index (χ1v) is 16.6. The molecule has 0 fully saturated rings. The van der Waals surface area contributed by atoms with E-state index in [-0.39, 0.29) is 35.4 Å². The molecule has 0 saturated carbocycles. The van der Waals surface area contributed by atoms with Crippen LogP contribution in [0.25, 0.3) is 17.0 Å². The summed E-state index contributed by atoms with van der Waals surface area (Å²) in [6.45, 7) is 15.5. The number of carbonyl (C=O) groups is 4. The molecule has 0 aliphatic rings. The molecule has 3 aromatic rings. The van der Waals surface area contributed by atoms with Crippen LogP contribution < -0.4 is 14.2 Å². The van der Waals surface area contributed by atoms with Gasteiger partial charge in [0.05, 0.1) is 45.4 Å². The van der Waals surface area contributed by atoms with Crippen molar-refractivity contribution in [2.75, 3.05) is 26.4 Å². The predicted molar refractivity (Wildman–Crippen MR) is 191 cm³/mol. The van der Waals surface area contributed by atoms with E-state index in [1.807, 2.05) is 6.07 Å². The van der Waals surface area contributed by atoms with E-state index in [1.54, 1.807) is 48.5 Å². The number of rotatable bonds is 20. The number of aromatic nitrogens is 2. The van der Waals surface area contributed by atoms with Crippen LogP contribution in [0.3, 0.4) is 0 Å². The lowest BCUT2D eigenvalue weighted by Crippen LogP contribution is -2.10. The zero-order valence-electron chi connectivity index (χ0n) is 28.0. The highest BCUT2D eigenvalue weighted by molar-refractivity contribution is 8.14. The van der Waals surface area contributed by atoms with E-state index in [2.05, 4.69) is 28.0 Å². The number of carbonyl (C=O) groups excluding carboxylic acids is 4. The van der Waals surface area contributed by atoms with Gasteiger partial charge in [0, 0.05) is 12.2 Å². The molecule has 0 amide bonds. The summed E-state index contributed by atoms with van der Waals surface area (Å²) in [5.41, 5.74) is 0.740. The number of esters is 3. The van der Waals surface area contributed by atoms with Crippen molar-refractivity contribution in [1.82, 2.24) is 9.97 Å². The quantitative estimate of drug-likeness (QED) is 0.0241. The van der Waals surface area contributed by atoms with Crippen LogP contribution in [0.5, 0.6) is 17.2 Å². The van der Waals surface area contributed by atoms with Gasteiger partial charge in [-0.15, -0.1) is 0 Å². The van der Waals surface area contributed by atoms with Gasteiger partial charge < -0.3 is 23.7 Å². The fourth-order valence-electron chi connectivity index (χ4n) is 3.88. The van der Waals surface area contributed by atoms with E-state index in [1.165, 1.54) is 24.5 Å². The van der Waals surface area contributed by atoms with E-state index < -0.39 is 23.0 Å². The van der Waals surface area contributed by atoms with Crippen LogP contribution in [0, 0.1) is 17.9 Å². The molecular weight excluding hydrogens is 689 g/mol. The Hall–Kier alpha value is -6.51. The van der Waals surface area contributed by atoms with Gasteiger partial charge in [0.25, 0.3) is 0 Å². The second kappa shape index (κ2) is 22.3. The van der Waals surface area contributed by atoms with E-state index in [0.717, 1.165) is 12.2 Å². The minimum absolute atomic E-state index is 0.0249. The molecule has 0 saturated heterocycles. The van der Waals surface area contributed by atoms with Crippen molar-refractivity contribution in [2.45, 2.75) is 30.8 Å². The van der Waals surface area contributed by atoms with Gasteiger partial charge in [-0.05, 0) is 85.0 Å². The third-order valence-electron chi connectivity index (χ3n) is 6.48. The smallest absolute Gasteiger partial charge is 0.354 e. The summed E-state index contributed by atoms with van der Waals surface area (Å²) in [6.07, 6.45) is 9.99. The molecule has 0 radical (unpaired) electrons. The Bertz CT molecular complexity index is 1720. The summed E-state index contributed by atoms with van der Waals surface area (Å²) < 4.78 is 26.4. The zero-order valence-corrected chi connectivity index (χ0v) is 28.8. The number of unbranched alkanes of at least 4 members (excludes halogenated alkanes) is 2. The summed E-state index contributed by atoms with van der Waals surface area (Å²) in [6, 6.07) is 15.4. The number of ether oxygens (including phenoxy) is 5.